The number of carbonyl (C=O) groups is 1. The zero-order valence-corrected chi connectivity index (χ0v) is 50.9. The van der Waals surface area contributed by atoms with Crippen LogP contribution in [0.15, 0.2) is 72.9 Å². The van der Waals surface area contributed by atoms with E-state index in [2.05, 4.69) is 92.1 Å². The van der Waals surface area contributed by atoms with Gasteiger partial charge in [-0.25, -0.2) is 4.57 Å². The number of aliphatic hydroxyl groups is 1. The van der Waals surface area contributed by atoms with Crippen molar-refractivity contribution in [1.82, 2.24) is 5.32 Å². The van der Waals surface area contributed by atoms with Crippen molar-refractivity contribution in [3.63, 3.8) is 0 Å². The third-order valence-electron chi connectivity index (χ3n) is 14.2. The number of hydrogen-bond donors (Lipinski definition) is 3. The fourth-order valence-corrected chi connectivity index (χ4v) is 10.0. The lowest BCUT2D eigenvalue weighted by molar-refractivity contribution is -0.870. The van der Waals surface area contributed by atoms with Crippen molar-refractivity contribution in [3.8, 4) is 0 Å². The van der Waals surface area contributed by atoms with E-state index in [4.69, 9.17) is 9.05 Å². The number of allylic oxidation sites excluding steroid dienone is 12. The smallest absolute Gasteiger partial charge is 0.391 e. The number of phosphoric acid groups is 1. The molecule has 75 heavy (non-hydrogen) atoms. The van der Waals surface area contributed by atoms with Crippen LogP contribution < -0.4 is 5.32 Å². The van der Waals surface area contributed by atoms with Gasteiger partial charge < -0.3 is 19.8 Å². The first-order valence-electron chi connectivity index (χ1n) is 31.8. The molecule has 9 heteroatoms. The van der Waals surface area contributed by atoms with Crippen LogP contribution in [0.4, 0.5) is 0 Å². The number of amides is 1. The van der Waals surface area contributed by atoms with Gasteiger partial charge in [-0.05, 0) is 64.2 Å². The Morgan fingerprint density at radius 1 is 0.467 bits per heavy atom. The second-order valence-corrected chi connectivity index (χ2v) is 24.2. The molecule has 3 atom stereocenters. The molecule has 3 N–H and O–H groups in total. The summed E-state index contributed by atoms with van der Waals surface area (Å²) in [6.07, 6.45) is 78.3. The zero-order valence-electron chi connectivity index (χ0n) is 50.0. The lowest BCUT2D eigenvalue weighted by Gasteiger charge is -2.26. The van der Waals surface area contributed by atoms with Gasteiger partial charge in [0.2, 0.25) is 5.91 Å². The summed E-state index contributed by atoms with van der Waals surface area (Å²) in [5.41, 5.74) is 0. The molecule has 0 aromatic rings. The first-order chi connectivity index (χ1) is 36.5. The number of aliphatic hydroxyl groups excluding tert-OH is 1. The standard InChI is InChI=1S/C66H123N2O6P/c1-6-8-10-12-14-16-18-20-22-24-26-27-28-29-30-31-32-33-34-35-36-37-38-39-40-41-42-44-46-48-50-52-54-56-58-60-66(70)67-64(63-74-75(71,72)73-62-61-68(3,4)5)65(69)59-57-55-53-51-49-47-45-43-25-23-21-19-17-15-13-11-9-7-2/h8,10,14,16,20,22,26-27,29-30,32-33,64-65,69H,6-7,9,11-13,15,17-19,21,23-25,28,31,34-63H2,1-5H3,(H-,67,70,71,72)/p+1/b10-8-,16-14-,22-20-,27-26-,30-29-,33-32-. The van der Waals surface area contributed by atoms with E-state index in [-0.39, 0.29) is 19.1 Å². The summed E-state index contributed by atoms with van der Waals surface area (Å²) in [5.74, 6) is -0.143. The summed E-state index contributed by atoms with van der Waals surface area (Å²) in [7, 11) is 1.62. The van der Waals surface area contributed by atoms with Crippen LogP contribution >= 0.6 is 7.82 Å². The summed E-state index contributed by atoms with van der Waals surface area (Å²) >= 11 is 0. The number of quaternary nitrogens is 1. The molecule has 1 amide bonds. The summed E-state index contributed by atoms with van der Waals surface area (Å²) in [6.45, 7) is 4.80. The van der Waals surface area contributed by atoms with Crippen molar-refractivity contribution in [1.29, 1.82) is 0 Å². The van der Waals surface area contributed by atoms with Crippen LogP contribution in [0, 0.1) is 0 Å². The monoisotopic (exact) mass is 1070 g/mol. The molecule has 0 rings (SSSR count). The van der Waals surface area contributed by atoms with E-state index in [1.54, 1.807) is 0 Å². The molecule has 0 saturated carbocycles. The van der Waals surface area contributed by atoms with E-state index in [0.29, 0.717) is 23.9 Å². The highest BCUT2D eigenvalue weighted by Crippen LogP contribution is 2.43. The van der Waals surface area contributed by atoms with Gasteiger partial charge in [0.05, 0.1) is 39.9 Å². The predicted molar refractivity (Wildman–Crippen MR) is 327 cm³/mol. The summed E-state index contributed by atoms with van der Waals surface area (Å²) < 4.78 is 23.8. The molecule has 8 nitrogen and oxygen atoms in total. The second-order valence-electron chi connectivity index (χ2n) is 22.8. The van der Waals surface area contributed by atoms with E-state index in [1.807, 2.05) is 21.1 Å². The number of nitrogens with zero attached hydrogens (tertiary/aromatic N) is 1. The average molecular weight is 1070 g/mol. The molecule has 0 aliphatic carbocycles. The highest BCUT2D eigenvalue weighted by Gasteiger charge is 2.28. The van der Waals surface area contributed by atoms with Crippen LogP contribution in [0.3, 0.4) is 0 Å². The van der Waals surface area contributed by atoms with Crippen molar-refractivity contribution < 1.29 is 32.9 Å². The van der Waals surface area contributed by atoms with Gasteiger partial charge in [-0.3, -0.25) is 13.8 Å². The molecule has 0 aliphatic heterocycles. The highest BCUT2D eigenvalue weighted by atomic mass is 31.2. The van der Waals surface area contributed by atoms with Gasteiger partial charge in [0.1, 0.15) is 13.2 Å². The molecule has 0 bridgehead atoms. The van der Waals surface area contributed by atoms with Crippen LogP contribution in [0.2, 0.25) is 0 Å². The predicted octanol–water partition coefficient (Wildman–Crippen LogP) is 19.8. The summed E-state index contributed by atoms with van der Waals surface area (Å²) in [5, 5.41) is 14.1. The number of rotatable bonds is 58. The van der Waals surface area contributed by atoms with E-state index >= 15 is 0 Å². The quantitative estimate of drug-likeness (QED) is 0.0243. The van der Waals surface area contributed by atoms with E-state index in [0.717, 1.165) is 77.0 Å². The molecular weight excluding hydrogens is 948 g/mol. The summed E-state index contributed by atoms with van der Waals surface area (Å²) in [4.78, 5) is 23.4. The maximum Gasteiger partial charge on any atom is 0.472 e. The van der Waals surface area contributed by atoms with Gasteiger partial charge in [-0.2, -0.15) is 0 Å². The molecule has 0 spiro atoms. The largest absolute Gasteiger partial charge is 0.472 e. The van der Waals surface area contributed by atoms with Crippen molar-refractivity contribution in [2.45, 2.75) is 302 Å². The zero-order chi connectivity index (χ0) is 54.9. The Morgan fingerprint density at radius 2 is 0.800 bits per heavy atom. The van der Waals surface area contributed by atoms with Crippen molar-refractivity contribution in [2.24, 2.45) is 0 Å². The van der Waals surface area contributed by atoms with Gasteiger partial charge in [0, 0.05) is 6.42 Å². The molecular formula is C66H124N2O6P+. The lowest BCUT2D eigenvalue weighted by Crippen LogP contribution is -2.46. The molecule has 0 aromatic carbocycles. The molecule has 3 unspecified atom stereocenters. The van der Waals surface area contributed by atoms with Gasteiger partial charge in [-0.1, -0.05) is 292 Å². The first kappa shape index (κ1) is 72.9. The third kappa shape index (κ3) is 59.4. The summed E-state index contributed by atoms with van der Waals surface area (Å²) in [6, 6.07) is -0.763. The molecule has 0 heterocycles. The number of nitrogens with one attached hydrogen (secondary N) is 1. The molecule has 0 fully saturated rings. The Balaban J connectivity index is 4.03. The Hall–Kier alpha value is -2.06. The fraction of sp³-hybridized carbons (Fsp3) is 0.803. The number of hydrogen-bond acceptors (Lipinski definition) is 5. The average Bonchev–Trinajstić information content (AvgIpc) is 3.37. The van der Waals surface area contributed by atoms with Crippen molar-refractivity contribution in [2.75, 3.05) is 40.9 Å². The van der Waals surface area contributed by atoms with Crippen molar-refractivity contribution in [3.05, 3.63) is 72.9 Å². The molecule has 0 aliphatic rings. The number of carbonyl (C=O) groups excluding carboxylic acids is 1. The minimum absolute atomic E-state index is 0.0740. The topological polar surface area (TPSA) is 105 Å². The minimum Gasteiger partial charge on any atom is -0.391 e. The Morgan fingerprint density at radius 3 is 1.17 bits per heavy atom. The normalized spacial score (nSPS) is 14.3. The van der Waals surface area contributed by atoms with Crippen LogP contribution in [0.1, 0.15) is 290 Å². The Labute approximate surface area is 465 Å². The van der Waals surface area contributed by atoms with Crippen LogP contribution in [0.25, 0.3) is 0 Å². The van der Waals surface area contributed by atoms with Gasteiger partial charge >= 0.3 is 7.82 Å². The van der Waals surface area contributed by atoms with Crippen molar-refractivity contribution >= 4 is 13.7 Å². The van der Waals surface area contributed by atoms with Gasteiger partial charge in [0.25, 0.3) is 0 Å². The first-order valence-corrected chi connectivity index (χ1v) is 33.3. The van der Waals surface area contributed by atoms with Gasteiger partial charge in [-0.15, -0.1) is 0 Å². The SMILES string of the molecule is CC/C=C\C/C=C\C/C=C\C/C=C\C/C=C\C/C=C\CCCCCCCCCCCCCCCCCCC(=O)NC(COP(=O)(O)OCC[N+](C)(C)C)C(O)CCCCCCCCCCCCCCCCCCCC. The molecule has 0 radical (unpaired) electrons. The molecule has 0 saturated heterocycles. The lowest BCUT2D eigenvalue weighted by atomic mass is 10.0. The fourth-order valence-electron chi connectivity index (χ4n) is 9.29. The number of unbranched alkanes of at least 4 members (excludes halogenated alkanes) is 33. The van der Waals surface area contributed by atoms with E-state index in [1.165, 1.54) is 186 Å². The van der Waals surface area contributed by atoms with E-state index in [9.17, 15) is 19.4 Å². The Bertz CT molecular complexity index is 1450. The van der Waals surface area contributed by atoms with Crippen LogP contribution in [-0.4, -0.2) is 73.4 Å². The number of phosphoric ester groups is 1. The third-order valence-corrected chi connectivity index (χ3v) is 15.2. The highest BCUT2D eigenvalue weighted by molar-refractivity contribution is 7.47. The maximum atomic E-state index is 13.0. The maximum absolute atomic E-state index is 13.0. The minimum atomic E-state index is -4.33. The second kappa shape index (κ2) is 56.7. The number of likely N-dealkylation sites (N-methyl/N-ethyl adjacent to an activating group) is 1. The molecule has 438 valence electrons. The molecule has 0 aromatic heterocycles. The Kier molecular flexibility index (Phi) is 55.1. The van der Waals surface area contributed by atoms with E-state index < -0.39 is 20.0 Å². The van der Waals surface area contributed by atoms with Crippen LogP contribution in [0.5, 0.6) is 0 Å². The van der Waals surface area contributed by atoms with Crippen LogP contribution in [-0.2, 0) is 18.4 Å². The van der Waals surface area contributed by atoms with Gasteiger partial charge in [0.15, 0.2) is 0 Å².